The number of rotatable bonds is 4. The molecule has 5 heteroatoms. The third-order valence-electron chi connectivity index (χ3n) is 3.06. The Morgan fingerprint density at radius 1 is 1.22 bits per heavy atom. The van der Waals surface area contributed by atoms with Crippen LogP contribution in [0.2, 0.25) is 0 Å². The molecule has 0 aliphatic heterocycles. The molecule has 0 spiro atoms. The van der Waals surface area contributed by atoms with Gasteiger partial charge in [0.05, 0.1) is 0 Å². The van der Waals surface area contributed by atoms with Crippen LogP contribution in [0.4, 0.5) is 10.1 Å². The van der Waals surface area contributed by atoms with E-state index in [1.165, 1.54) is 24.3 Å². The van der Waals surface area contributed by atoms with Gasteiger partial charge in [-0.25, -0.2) is 4.39 Å². The normalized spacial score (nSPS) is 15.9. The first-order valence-electron chi connectivity index (χ1n) is 5.94. The van der Waals surface area contributed by atoms with E-state index in [1.807, 2.05) is 6.92 Å². The maximum atomic E-state index is 12.7. The fourth-order valence-corrected chi connectivity index (χ4v) is 1.80. The van der Waals surface area contributed by atoms with E-state index < -0.39 is 5.41 Å². The van der Waals surface area contributed by atoms with E-state index in [1.54, 1.807) is 0 Å². The number of benzene rings is 1. The van der Waals surface area contributed by atoms with Gasteiger partial charge in [-0.15, -0.1) is 0 Å². The average molecular weight is 250 g/mol. The van der Waals surface area contributed by atoms with Crippen LogP contribution in [-0.2, 0) is 9.59 Å². The van der Waals surface area contributed by atoms with Crippen molar-refractivity contribution in [3.63, 3.8) is 0 Å². The summed E-state index contributed by atoms with van der Waals surface area (Å²) in [5, 5.41) is 5.31. The zero-order chi connectivity index (χ0) is 13.2. The van der Waals surface area contributed by atoms with Gasteiger partial charge in [0.2, 0.25) is 11.8 Å². The van der Waals surface area contributed by atoms with E-state index in [0.29, 0.717) is 25.1 Å². The summed E-state index contributed by atoms with van der Waals surface area (Å²) < 4.78 is 12.7. The highest BCUT2D eigenvalue weighted by atomic mass is 19.1. The first-order chi connectivity index (χ1) is 8.58. The molecule has 4 nitrogen and oxygen atoms in total. The highest BCUT2D eigenvalue weighted by Crippen LogP contribution is 2.46. The molecule has 2 N–H and O–H groups in total. The lowest BCUT2D eigenvalue weighted by molar-refractivity contribution is -0.134. The SMILES string of the molecule is CCNC(=O)C1(C(=O)Nc2ccc(F)cc2)CC1. The first-order valence-corrected chi connectivity index (χ1v) is 5.94. The van der Waals surface area contributed by atoms with E-state index in [-0.39, 0.29) is 17.6 Å². The molecule has 1 aromatic carbocycles. The summed E-state index contributed by atoms with van der Waals surface area (Å²) in [6, 6.07) is 5.48. The van der Waals surface area contributed by atoms with Gasteiger partial charge in [-0.1, -0.05) is 0 Å². The van der Waals surface area contributed by atoms with Crippen LogP contribution in [0.5, 0.6) is 0 Å². The van der Waals surface area contributed by atoms with Gasteiger partial charge in [-0.05, 0) is 44.0 Å². The van der Waals surface area contributed by atoms with Crippen LogP contribution in [-0.4, -0.2) is 18.4 Å². The highest BCUT2D eigenvalue weighted by Gasteiger charge is 2.56. The minimum absolute atomic E-state index is 0.232. The lowest BCUT2D eigenvalue weighted by Gasteiger charge is -2.14. The monoisotopic (exact) mass is 250 g/mol. The predicted octanol–water partition coefficient (Wildman–Crippen LogP) is 1.68. The smallest absolute Gasteiger partial charge is 0.240 e. The van der Waals surface area contributed by atoms with E-state index >= 15 is 0 Å². The van der Waals surface area contributed by atoms with Crippen LogP contribution in [0.1, 0.15) is 19.8 Å². The third kappa shape index (κ3) is 2.34. The number of carbonyl (C=O) groups is 2. The van der Waals surface area contributed by atoms with Crippen molar-refractivity contribution < 1.29 is 14.0 Å². The highest BCUT2D eigenvalue weighted by molar-refractivity contribution is 6.13. The molecule has 0 atom stereocenters. The van der Waals surface area contributed by atoms with Crippen LogP contribution in [0.25, 0.3) is 0 Å². The molecule has 0 aromatic heterocycles. The minimum atomic E-state index is -0.926. The van der Waals surface area contributed by atoms with Gasteiger partial charge in [0, 0.05) is 12.2 Å². The van der Waals surface area contributed by atoms with Crippen molar-refractivity contribution in [2.75, 3.05) is 11.9 Å². The molecule has 1 fully saturated rings. The summed E-state index contributed by atoms with van der Waals surface area (Å²) in [6.07, 6.45) is 1.12. The predicted molar refractivity (Wildman–Crippen MR) is 65.4 cm³/mol. The summed E-state index contributed by atoms with van der Waals surface area (Å²) in [5.74, 6) is -0.914. The Hall–Kier alpha value is -1.91. The Morgan fingerprint density at radius 2 is 1.83 bits per heavy atom. The second kappa shape index (κ2) is 4.76. The van der Waals surface area contributed by atoms with Crippen molar-refractivity contribution in [1.29, 1.82) is 0 Å². The van der Waals surface area contributed by atoms with Crippen molar-refractivity contribution in [3.8, 4) is 0 Å². The molecule has 18 heavy (non-hydrogen) atoms. The molecule has 0 heterocycles. The summed E-state index contributed by atoms with van der Waals surface area (Å²) in [6.45, 7) is 2.32. The fraction of sp³-hybridized carbons (Fsp3) is 0.385. The van der Waals surface area contributed by atoms with Crippen molar-refractivity contribution >= 4 is 17.5 Å². The van der Waals surface area contributed by atoms with Crippen LogP contribution >= 0.6 is 0 Å². The van der Waals surface area contributed by atoms with Gasteiger partial charge in [-0.2, -0.15) is 0 Å². The van der Waals surface area contributed by atoms with Crippen LogP contribution in [0.15, 0.2) is 24.3 Å². The Bertz CT molecular complexity index is 466. The van der Waals surface area contributed by atoms with Gasteiger partial charge in [0.1, 0.15) is 11.2 Å². The molecule has 1 saturated carbocycles. The number of nitrogens with one attached hydrogen (secondary N) is 2. The van der Waals surface area contributed by atoms with E-state index in [9.17, 15) is 14.0 Å². The van der Waals surface area contributed by atoms with Crippen molar-refractivity contribution in [2.45, 2.75) is 19.8 Å². The third-order valence-corrected chi connectivity index (χ3v) is 3.06. The number of anilines is 1. The van der Waals surface area contributed by atoms with Crippen molar-refractivity contribution in [2.24, 2.45) is 5.41 Å². The lowest BCUT2D eigenvalue weighted by atomic mass is 10.1. The molecule has 96 valence electrons. The van der Waals surface area contributed by atoms with Gasteiger partial charge >= 0.3 is 0 Å². The van der Waals surface area contributed by atoms with Gasteiger partial charge in [0.15, 0.2) is 0 Å². The Kier molecular flexibility index (Phi) is 3.32. The molecule has 0 saturated heterocycles. The van der Waals surface area contributed by atoms with E-state index in [4.69, 9.17) is 0 Å². The van der Waals surface area contributed by atoms with E-state index in [0.717, 1.165) is 0 Å². The summed E-state index contributed by atoms with van der Waals surface area (Å²) in [4.78, 5) is 23.8. The Labute approximate surface area is 105 Å². The minimum Gasteiger partial charge on any atom is -0.355 e. The Morgan fingerprint density at radius 3 is 2.33 bits per heavy atom. The fourth-order valence-electron chi connectivity index (χ4n) is 1.80. The zero-order valence-corrected chi connectivity index (χ0v) is 10.1. The second-order valence-corrected chi connectivity index (χ2v) is 4.40. The van der Waals surface area contributed by atoms with Crippen molar-refractivity contribution in [1.82, 2.24) is 5.32 Å². The Balaban J connectivity index is 2.04. The maximum Gasteiger partial charge on any atom is 0.240 e. The molecule has 0 unspecified atom stereocenters. The molecule has 2 rings (SSSR count). The molecule has 0 radical (unpaired) electrons. The number of hydrogen-bond acceptors (Lipinski definition) is 2. The lowest BCUT2D eigenvalue weighted by Crippen LogP contribution is -2.39. The number of carbonyl (C=O) groups excluding carboxylic acids is 2. The maximum absolute atomic E-state index is 12.7. The summed E-state index contributed by atoms with van der Waals surface area (Å²) >= 11 is 0. The van der Waals surface area contributed by atoms with Crippen LogP contribution in [0.3, 0.4) is 0 Å². The quantitative estimate of drug-likeness (QED) is 0.799. The number of amides is 2. The van der Waals surface area contributed by atoms with Gasteiger partial charge in [-0.3, -0.25) is 9.59 Å². The topological polar surface area (TPSA) is 58.2 Å². The van der Waals surface area contributed by atoms with Gasteiger partial charge in [0.25, 0.3) is 0 Å². The summed E-state index contributed by atoms with van der Waals surface area (Å²) in [7, 11) is 0. The van der Waals surface area contributed by atoms with Gasteiger partial charge < -0.3 is 10.6 Å². The molecule has 2 amide bonds. The molecule has 0 bridgehead atoms. The molecular formula is C13H15FN2O2. The van der Waals surface area contributed by atoms with Crippen molar-refractivity contribution in [3.05, 3.63) is 30.1 Å². The molecule has 1 aliphatic carbocycles. The largest absolute Gasteiger partial charge is 0.355 e. The average Bonchev–Trinajstić information content (AvgIpc) is 3.14. The standard InChI is InChI=1S/C13H15FN2O2/c1-2-15-11(17)13(7-8-13)12(18)16-10-5-3-9(14)4-6-10/h3-6H,2,7-8H2,1H3,(H,15,17)(H,16,18). The van der Waals surface area contributed by atoms with Crippen LogP contribution in [0, 0.1) is 11.2 Å². The first kappa shape index (κ1) is 12.5. The van der Waals surface area contributed by atoms with Crippen LogP contribution < -0.4 is 10.6 Å². The number of halogens is 1. The second-order valence-electron chi connectivity index (χ2n) is 4.40. The number of hydrogen-bond donors (Lipinski definition) is 2. The molecule has 1 aromatic rings. The summed E-state index contributed by atoms with van der Waals surface area (Å²) in [5.41, 5.74) is -0.429. The molecule has 1 aliphatic rings. The van der Waals surface area contributed by atoms with E-state index in [2.05, 4.69) is 10.6 Å². The molecular weight excluding hydrogens is 235 g/mol. The zero-order valence-electron chi connectivity index (χ0n) is 10.1.